The second kappa shape index (κ2) is 6.74. The van der Waals surface area contributed by atoms with E-state index in [0.29, 0.717) is 6.42 Å². The van der Waals surface area contributed by atoms with Gasteiger partial charge in [-0.2, -0.15) is 0 Å². The van der Waals surface area contributed by atoms with Gasteiger partial charge in [0, 0.05) is 32.6 Å². The van der Waals surface area contributed by atoms with Gasteiger partial charge in [-0.25, -0.2) is 4.39 Å². The third kappa shape index (κ3) is 4.53. The Kier molecular flexibility index (Phi) is 5.31. The molecule has 0 amide bonds. The predicted octanol–water partition coefficient (Wildman–Crippen LogP) is 3.13. The maximum absolute atomic E-state index is 12.8. The van der Waals surface area contributed by atoms with Gasteiger partial charge in [0.05, 0.1) is 0 Å². The predicted molar refractivity (Wildman–Crippen MR) is 71.8 cm³/mol. The fourth-order valence-corrected chi connectivity index (χ4v) is 1.56. The van der Waals surface area contributed by atoms with E-state index in [1.54, 1.807) is 35.4 Å². The van der Waals surface area contributed by atoms with Crippen molar-refractivity contribution in [2.75, 3.05) is 14.1 Å². The summed E-state index contributed by atoms with van der Waals surface area (Å²) in [6, 6.07) is 6.16. The first kappa shape index (κ1) is 14.2. The fourth-order valence-electron chi connectivity index (χ4n) is 1.56. The van der Waals surface area contributed by atoms with Crippen LogP contribution < -0.4 is 0 Å². The van der Waals surface area contributed by atoms with Crippen molar-refractivity contribution in [1.82, 2.24) is 4.90 Å². The van der Waals surface area contributed by atoms with Gasteiger partial charge in [-0.15, -0.1) is 6.58 Å². The summed E-state index contributed by atoms with van der Waals surface area (Å²) in [7, 11) is 3.71. The molecule has 96 valence electrons. The lowest BCUT2D eigenvalue weighted by Crippen LogP contribution is -2.06. The minimum absolute atomic E-state index is 0.0259. The molecule has 0 saturated carbocycles. The van der Waals surface area contributed by atoms with Gasteiger partial charge in [-0.05, 0) is 23.8 Å². The molecule has 0 fully saturated rings. The molecule has 0 aliphatic carbocycles. The molecule has 0 heterocycles. The molecule has 1 atom stereocenters. The number of halogens is 1. The van der Waals surface area contributed by atoms with Crippen LogP contribution in [0.25, 0.3) is 0 Å². The molecule has 0 N–H and O–H groups in total. The van der Waals surface area contributed by atoms with Crippen molar-refractivity contribution < 1.29 is 9.18 Å². The van der Waals surface area contributed by atoms with Crippen LogP contribution in [0.4, 0.5) is 4.39 Å². The third-order valence-corrected chi connectivity index (χ3v) is 2.56. The minimum atomic E-state index is -0.277. The first-order chi connectivity index (χ1) is 8.52. The summed E-state index contributed by atoms with van der Waals surface area (Å²) in [5, 5.41) is 0. The molecule has 1 aromatic rings. The molecule has 0 bridgehead atoms. The van der Waals surface area contributed by atoms with E-state index in [0.717, 1.165) is 5.56 Å². The first-order valence-corrected chi connectivity index (χ1v) is 5.78. The van der Waals surface area contributed by atoms with Gasteiger partial charge in [-0.1, -0.05) is 18.2 Å². The second-order valence-corrected chi connectivity index (χ2v) is 4.34. The molecular weight excluding hydrogens is 229 g/mol. The van der Waals surface area contributed by atoms with E-state index >= 15 is 0 Å². The average molecular weight is 247 g/mol. The number of ketones is 1. The molecule has 0 saturated heterocycles. The fraction of sp³-hybridized carbons (Fsp3) is 0.267. The minimum Gasteiger partial charge on any atom is -0.383 e. The summed E-state index contributed by atoms with van der Waals surface area (Å²) in [5.41, 5.74) is 0.901. The Morgan fingerprint density at radius 2 is 2.00 bits per heavy atom. The number of rotatable bonds is 6. The number of carbonyl (C=O) groups is 1. The number of nitrogens with zero attached hydrogens (tertiary/aromatic N) is 1. The van der Waals surface area contributed by atoms with Crippen LogP contribution in [0.15, 0.2) is 49.2 Å². The molecule has 0 radical (unpaired) electrons. The molecule has 3 heteroatoms. The standard InChI is InChI=1S/C15H18FNO/c1-4-12(11-15(18)9-10-17(2)3)13-5-7-14(16)8-6-13/h4-10,12H,1,11H2,2-3H3/b10-9+/t12-/m0/s1. The maximum atomic E-state index is 12.8. The zero-order valence-electron chi connectivity index (χ0n) is 10.8. The van der Waals surface area contributed by atoms with Gasteiger partial charge >= 0.3 is 0 Å². The summed E-state index contributed by atoms with van der Waals surface area (Å²) >= 11 is 0. The number of benzene rings is 1. The summed E-state index contributed by atoms with van der Waals surface area (Å²) in [6.07, 6.45) is 5.32. The number of allylic oxidation sites excluding steroid dienone is 2. The van der Waals surface area contributed by atoms with E-state index < -0.39 is 0 Å². The highest BCUT2D eigenvalue weighted by atomic mass is 19.1. The highest BCUT2D eigenvalue weighted by Gasteiger charge is 2.11. The van der Waals surface area contributed by atoms with Gasteiger partial charge < -0.3 is 4.90 Å². The maximum Gasteiger partial charge on any atom is 0.158 e. The Labute approximate surface area is 107 Å². The van der Waals surface area contributed by atoms with Crippen LogP contribution in [0, 0.1) is 5.82 Å². The van der Waals surface area contributed by atoms with Crippen molar-refractivity contribution in [1.29, 1.82) is 0 Å². The van der Waals surface area contributed by atoms with Crippen LogP contribution in [-0.4, -0.2) is 24.8 Å². The van der Waals surface area contributed by atoms with Crippen LogP contribution >= 0.6 is 0 Å². The normalized spacial score (nSPS) is 12.4. The van der Waals surface area contributed by atoms with E-state index in [2.05, 4.69) is 6.58 Å². The molecule has 0 aliphatic heterocycles. The lowest BCUT2D eigenvalue weighted by molar-refractivity contribution is -0.114. The molecule has 0 unspecified atom stereocenters. The van der Waals surface area contributed by atoms with Gasteiger partial charge in [0.25, 0.3) is 0 Å². The zero-order valence-corrected chi connectivity index (χ0v) is 10.8. The third-order valence-electron chi connectivity index (χ3n) is 2.56. The lowest BCUT2D eigenvalue weighted by atomic mass is 9.94. The van der Waals surface area contributed by atoms with Gasteiger partial charge in [-0.3, -0.25) is 4.79 Å². The van der Waals surface area contributed by atoms with Crippen molar-refractivity contribution in [3.63, 3.8) is 0 Å². The van der Waals surface area contributed by atoms with Crippen LogP contribution in [0.1, 0.15) is 17.9 Å². The van der Waals surface area contributed by atoms with Crippen molar-refractivity contribution in [2.24, 2.45) is 0 Å². The quantitative estimate of drug-likeness (QED) is 0.568. The molecule has 2 nitrogen and oxygen atoms in total. The van der Waals surface area contributed by atoms with Gasteiger partial charge in [0.2, 0.25) is 0 Å². The Hall–Kier alpha value is -1.90. The number of hydrogen-bond acceptors (Lipinski definition) is 2. The van der Waals surface area contributed by atoms with Crippen molar-refractivity contribution in [3.05, 3.63) is 60.6 Å². The van der Waals surface area contributed by atoms with Crippen molar-refractivity contribution in [3.8, 4) is 0 Å². The van der Waals surface area contributed by atoms with Crippen molar-refractivity contribution in [2.45, 2.75) is 12.3 Å². The molecule has 1 aromatic carbocycles. The van der Waals surface area contributed by atoms with Crippen LogP contribution in [-0.2, 0) is 4.79 Å². The smallest absolute Gasteiger partial charge is 0.158 e. The monoisotopic (exact) mass is 247 g/mol. The van der Waals surface area contributed by atoms with E-state index in [9.17, 15) is 9.18 Å². The molecule has 0 aromatic heterocycles. The SMILES string of the molecule is C=C[C@@H](CC(=O)/C=C/N(C)C)c1ccc(F)cc1. The topological polar surface area (TPSA) is 20.3 Å². The second-order valence-electron chi connectivity index (χ2n) is 4.34. The molecule has 18 heavy (non-hydrogen) atoms. The summed E-state index contributed by atoms with van der Waals surface area (Å²) < 4.78 is 12.8. The zero-order chi connectivity index (χ0) is 13.5. The largest absolute Gasteiger partial charge is 0.383 e. The first-order valence-electron chi connectivity index (χ1n) is 5.78. The molecular formula is C15H18FNO. The Bertz CT molecular complexity index is 434. The summed E-state index contributed by atoms with van der Waals surface area (Å²) in [4.78, 5) is 13.5. The van der Waals surface area contributed by atoms with Crippen LogP contribution in [0.3, 0.4) is 0 Å². The van der Waals surface area contributed by atoms with Crippen LogP contribution in [0.2, 0.25) is 0 Å². The Morgan fingerprint density at radius 1 is 1.39 bits per heavy atom. The average Bonchev–Trinajstić information content (AvgIpc) is 2.34. The van der Waals surface area contributed by atoms with E-state index in [-0.39, 0.29) is 17.5 Å². The van der Waals surface area contributed by atoms with E-state index in [4.69, 9.17) is 0 Å². The summed E-state index contributed by atoms with van der Waals surface area (Å²) in [5.74, 6) is -0.330. The Morgan fingerprint density at radius 3 is 2.50 bits per heavy atom. The number of carbonyl (C=O) groups excluding carboxylic acids is 1. The Balaban J connectivity index is 2.70. The summed E-state index contributed by atoms with van der Waals surface area (Å²) in [6.45, 7) is 3.73. The van der Waals surface area contributed by atoms with E-state index in [1.165, 1.54) is 12.1 Å². The van der Waals surface area contributed by atoms with E-state index in [1.807, 2.05) is 14.1 Å². The lowest BCUT2D eigenvalue weighted by Gasteiger charge is -2.11. The van der Waals surface area contributed by atoms with Gasteiger partial charge in [0.15, 0.2) is 5.78 Å². The van der Waals surface area contributed by atoms with Crippen molar-refractivity contribution >= 4 is 5.78 Å². The van der Waals surface area contributed by atoms with Crippen LogP contribution in [0.5, 0.6) is 0 Å². The number of hydrogen-bond donors (Lipinski definition) is 0. The highest BCUT2D eigenvalue weighted by molar-refractivity contribution is 5.90. The molecule has 1 rings (SSSR count). The highest BCUT2D eigenvalue weighted by Crippen LogP contribution is 2.21. The molecule has 0 aliphatic rings. The van der Waals surface area contributed by atoms with Gasteiger partial charge in [0.1, 0.15) is 5.82 Å². The molecule has 0 spiro atoms.